The topological polar surface area (TPSA) is 44.9 Å². The van der Waals surface area contributed by atoms with Crippen molar-refractivity contribution < 1.29 is 0 Å². The van der Waals surface area contributed by atoms with Crippen LogP contribution in [0.4, 0.5) is 0 Å². The van der Waals surface area contributed by atoms with E-state index in [-0.39, 0.29) is 0 Å². The maximum absolute atomic E-state index is 4.89. The Labute approximate surface area is 150 Å². The van der Waals surface area contributed by atoms with E-state index in [1.165, 1.54) is 37.8 Å². The Hall–Kier alpha value is -2.04. The van der Waals surface area contributed by atoms with Gasteiger partial charge in [-0.15, -0.1) is 0 Å². The summed E-state index contributed by atoms with van der Waals surface area (Å²) in [5.74, 6) is 1.09. The molecule has 1 saturated heterocycles. The van der Waals surface area contributed by atoms with Crippen molar-refractivity contribution in [2.24, 2.45) is 10.4 Å². The van der Waals surface area contributed by atoms with Crippen LogP contribution in [0.3, 0.4) is 0 Å². The number of rotatable bonds is 4. The van der Waals surface area contributed by atoms with Crippen LogP contribution in [-0.2, 0) is 6.42 Å². The zero-order valence-corrected chi connectivity index (χ0v) is 15.5. The van der Waals surface area contributed by atoms with Gasteiger partial charge in [-0.25, -0.2) is 4.98 Å². The van der Waals surface area contributed by atoms with Crippen molar-refractivity contribution in [3.05, 3.63) is 35.8 Å². The van der Waals surface area contributed by atoms with E-state index in [1.807, 2.05) is 0 Å². The predicted molar refractivity (Wildman–Crippen MR) is 102 cm³/mol. The van der Waals surface area contributed by atoms with E-state index < -0.39 is 0 Å². The molecule has 2 aromatic heterocycles. The Balaban J connectivity index is 1.41. The number of imidazole rings is 1. The zero-order valence-electron chi connectivity index (χ0n) is 15.5. The molecule has 2 aromatic rings. The molecule has 134 valence electrons. The van der Waals surface area contributed by atoms with Crippen LogP contribution in [0, 0.1) is 12.3 Å². The SMILES string of the molecule is CCNC(=NCCc1cn2cccc(C)c2n1)N1CCC2(CCC2)C1. The minimum absolute atomic E-state index is 0.606. The minimum Gasteiger partial charge on any atom is -0.357 e. The molecule has 2 aliphatic rings. The maximum Gasteiger partial charge on any atom is 0.193 e. The third-order valence-electron chi connectivity index (χ3n) is 5.84. The highest BCUT2D eigenvalue weighted by Gasteiger charge is 2.43. The van der Waals surface area contributed by atoms with E-state index in [2.05, 4.69) is 53.0 Å². The lowest BCUT2D eigenvalue weighted by Gasteiger charge is -2.38. The second kappa shape index (κ2) is 6.70. The van der Waals surface area contributed by atoms with Gasteiger partial charge < -0.3 is 14.6 Å². The summed E-state index contributed by atoms with van der Waals surface area (Å²) in [6, 6.07) is 4.18. The van der Waals surface area contributed by atoms with Crippen LogP contribution >= 0.6 is 0 Å². The highest BCUT2D eigenvalue weighted by Crippen LogP contribution is 2.47. The monoisotopic (exact) mass is 339 g/mol. The summed E-state index contributed by atoms with van der Waals surface area (Å²) < 4.78 is 2.11. The summed E-state index contributed by atoms with van der Waals surface area (Å²) in [4.78, 5) is 12.1. The maximum atomic E-state index is 4.89. The Morgan fingerprint density at radius 1 is 1.36 bits per heavy atom. The van der Waals surface area contributed by atoms with E-state index in [0.29, 0.717) is 5.41 Å². The highest BCUT2D eigenvalue weighted by molar-refractivity contribution is 5.80. The summed E-state index contributed by atoms with van der Waals surface area (Å²) in [6.07, 6.45) is 10.6. The van der Waals surface area contributed by atoms with Crippen LogP contribution in [0.5, 0.6) is 0 Å². The van der Waals surface area contributed by atoms with Gasteiger partial charge in [-0.05, 0) is 50.2 Å². The quantitative estimate of drug-likeness (QED) is 0.688. The first-order valence-corrected chi connectivity index (χ1v) is 9.66. The summed E-state index contributed by atoms with van der Waals surface area (Å²) in [7, 11) is 0. The number of pyridine rings is 1. The molecule has 0 atom stereocenters. The molecule has 0 bridgehead atoms. The first-order valence-electron chi connectivity index (χ1n) is 9.66. The fourth-order valence-corrected chi connectivity index (χ4v) is 4.23. The van der Waals surface area contributed by atoms with E-state index in [1.54, 1.807) is 0 Å². The highest BCUT2D eigenvalue weighted by atomic mass is 15.3. The molecule has 1 spiro atoms. The van der Waals surface area contributed by atoms with Crippen molar-refractivity contribution in [1.82, 2.24) is 19.6 Å². The van der Waals surface area contributed by atoms with Crippen LogP contribution < -0.4 is 5.32 Å². The Morgan fingerprint density at radius 2 is 2.24 bits per heavy atom. The Kier molecular flexibility index (Phi) is 4.40. The molecule has 0 amide bonds. The Morgan fingerprint density at radius 3 is 2.92 bits per heavy atom. The van der Waals surface area contributed by atoms with Gasteiger partial charge in [-0.2, -0.15) is 0 Å². The number of guanidine groups is 1. The molecule has 5 nitrogen and oxygen atoms in total. The minimum atomic E-state index is 0.606. The normalized spacial score (nSPS) is 19.6. The molecule has 2 fully saturated rings. The first kappa shape index (κ1) is 16.4. The van der Waals surface area contributed by atoms with Gasteiger partial charge in [-0.1, -0.05) is 12.5 Å². The van der Waals surface area contributed by atoms with Crippen molar-refractivity contribution in [1.29, 1.82) is 0 Å². The lowest BCUT2D eigenvalue weighted by atomic mass is 9.68. The fraction of sp³-hybridized carbons (Fsp3) is 0.600. The summed E-state index contributed by atoms with van der Waals surface area (Å²) >= 11 is 0. The molecular formula is C20H29N5. The number of aromatic nitrogens is 2. The van der Waals surface area contributed by atoms with Crippen molar-refractivity contribution in [2.45, 2.75) is 46.0 Å². The van der Waals surface area contributed by atoms with Gasteiger partial charge in [0.15, 0.2) is 5.96 Å². The third-order valence-corrected chi connectivity index (χ3v) is 5.84. The van der Waals surface area contributed by atoms with E-state index in [0.717, 1.165) is 43.4 Å². The molecule has 1 aliphatic carbocycles. The van der Waals surface area contributed by atoms with Gasteiger partial charge in [0.25, 0.3) is 0 Å². The van der Waals surface area contributed by atoms with Gasteiger partial charge in [0, 0.05) is 45.0 Å². The van der Waals surface area contributed by atoms with Gasteiger partial charge in [0.1, 0.15) is 5.65 Å². The number of aryl methyl sites for hydroxylation is 1. The molecule has 1 aliphatic heterocycles. The van der Waals surface area contributed by atoms with Crippen LogP contribution in [0.1, 0.15) is 43.9 Å². The smallest absolute Gasteiger partial charge is 0.193 e. The molecule has 0 radical (unpaired) electrons. The van der Waals surface area contributed by atoms with E-state index >= 15 is 0 Å². The van der Waals surface area contributed by atoms with Crippen molar-refractivity contribution >= 4 is 11.6 Å². The molecule has 4 rings (SSSR count). The third kappa shape index (κ3) is 3.24. The van der Waals surface area contributed by atoms with Gasteiger partial charge in [-0.3, -0.25) is 4.99 Å². The van der Waals surface area contributed by atoms with E-state index in [4.69, 9.17) is 9.98 Å². The van der Waals surface area contributed by atoms with Crippen LogP contribution in [0.2, 0.25) is 0 Å². The van der Waals surface area contributed by atoms with Gasteiger partial charge in [0.05, 0.1) is 5.69 Å². The molecule has 0 unspecified atom stereocenters. The summed E-state index contributed by atoms with van der Waals surface area (Å²) in [5, 5.41) is 3.48. The molecule has 25 heavy (non-hydrogen) atoms. The molecule has 3 heterocycles. The molecule has 1 saturated carbocycles. The number of aliphatic imine (C=N–C) groups is 1. The van der Waals surface area contributed by atoms with Gasteiger partial charge in [0.2, 0.25) is 0 Å². The second-order valence-electron chi connectivity index (χ2n) is 7.67. The average Bonchev–Trinajstić information content (AvgIpc) is 3.19. The molecule has 5 heteroatoms. The van der Waals surface area contributed by atoms with Crippen LogP contribution in [-0.4, -0.2) is 46.4 Å². The van der Waals surface area contributed by atoms with Crippen LogP contribution in [0.25, 0.3) is 5.65 Å². The number of hydrogen-bond acceptors (Lipinski definition) is 2. The summed E-state index contributed by atoms with van der Waals surface area (Å²) in [5.41, 5.74) is 3.99. The van der Waals surface area contributed by atoms with Crippen LogP contribution in [0.15, 0.2) is 29.5 Å². The van der Waals surface area contributed by atoms with Crippen molar-refractivity contribution in [3.8, 4) is 0 Å². The zero-order chi connectivity index (χ0) is 17.3. The standard InChI is InChI=1S/C20H29N5/c1-3-21-19(25-13-10-20(15-25)8-5-9-20)22-11-7-17-14-24-12-4-6-16(2)18(24)23-17/h4,6,12,14H,3,5,7-11,13,15H2,1-2H3,(H,21,22). The predicted octanol–water partition coefficient (Wildman–Crippen LogP) is 3.03. The second-order valence-corrected chi connectivity index (χ2v) is 7.67. The summed E-state index contributed by atoms with van der Waals surface area (Å²) in [6.45, 7) is 8.31. The van der Waals surface area contributed by atoms with Crippen molar-refractivity contribution in [2.75, 3.05) is 26.2 Å². The van der Waals surface area contributed by atoms with Gasteiger partial charge >= 0.3 is 0 Å². The fourth-order valence-electron chi connectivity index (χ4n) is 4.23. The molecular weight excluding hydrogens is 310 g/mol. The Bertz CT molecular complexity index is 771. The number of fused-ring (bicyclic) bond motifs is 1. The number of likely N-dealkylation sites (tertiary alicyclic amines) is 1. The largest absolute Gasteiger partial charge is 0.357 e. The average molecular weight is 339 g/mol. The number of hydrogen-bond donors (Lipinski definition) is 1. The molecule has 1 N–H and O–H groups in total. The molecule has 0 aromatic carbocycles. The van der Waals surface area contributed by atoms with Crippen molar-refractivity contribution in [3.63, 3.8) is 0 Å². The number of nitrogens with one attached hydrogen (secondary N) is 1. The lowest BCUT2D eigenvalue weighted by Crippen LogP contribution is -2.42. The first-order chi connectivity index (χ1) is 12.2. The van der Waals surface area contributed by atoms with E-state index in [9.17, 15) is 0 Å². The lowest BCUT2D eigenvalue weighted by molar-refractivity contribution is 0.151. The number of nitrogens with zero attached hydrogens (tertiary/aromatic N) is 4.